The molecule has 1 atom stereocenters. The Morgan fingerprint density at radius 3 is 2.46 bits per heavy atom. The number of nitrogens with one attached hydrogen (secondary N) is 1. The van der Waals surface area contributed by atoms with E-state index in [0.29, 0.717) is 14.8 Å². The van der Waals surface area contributed by atoms with Crippen LogP contribution in [-0.2, 0) is 9.59 Å². The molecule has 1 heterocycles. The van der Waals surface area contributed by atoms with Crippen LogP contribution >= 0.6 is 24.0 Å². The first kappa shape index (κ1) is 18.2. The molecule has 6 nitrogen and oxygen atoms in total. The minimum absolute atomic E-state index is 0.161. The second kappa shape index (κ2) is 7.59. The largest absolute Gasteiger partial charge is 0.548 e. The highest BCUT2D eigenvalue weighted by Crippen LogP contribution is 2.31. The van der Waals surface area contributed by atoms with Crippen LogP contribution < -0.4 is 10.4 Å². The van der Waals surface area contributed by atoms with Crippen LogP contribution in [0.2, 0.25) is 0 Å². The Morgan fingerprint density at radius 2 is 2.00 bits per heavy atom. The van der Waals surface area contributed by atoms with Crippen molar-refractivity contribution in [3.05, 3.63) is 40.3 Å². The third-order valence-corrected chi connectivity index (χ3v) is 4.94. The highest BCUT2D eigenvalue weighted by molar-refractivity contribution is 8.26. The fourth-order valence-electron chi connectivity index (χ4n) is 2.00. The molecule has 0 saturated carbocycles. The van der Waals surface area contributed by atoms with Crippen molar-refractivity contribution in [3.8, 4) is 0 Å². The van der Waals surface area contributed by atoms with Crippen molar-refractivity contribution >= 4 is 52.2 Å². The zero-order valence-electron chi connectivity index (χ0n) is 13.1. The summed E-state index contributed by atoms with van der Waals surface area (Å²) in [5, 5.41) is 13.2. The summed E-state index contributed by atoms with van der Waals surface area (Å²) in [5.74, 6) is -1.96. The van der Waals surface area contributed by atoms with Crippen molar-refractivity contribution in [1.82, 2.24) is 10.2 Å². The molecule has 1 fully saturated rings. The first-order valence-electron chi connectivity index (χ1n) is 7.16. The number of carboxylic acid groups (broad SMARTS) is 1. The lowest BCUT2D eigenvalue weighted by atomic mass is 10.1. The summed E-state index contributed by atoms with van der Waals surface area (Å²) in [7, 11) is 1.62. The number of carboxylic acids is 1. The summed E-state index contributed by atoms with van der Waals surface area (Å²) in [6, 6.07) is 5.46. The maximum absolute atomic E-state index is 12.0. The van der Waals surface area contributed by atoms with Crippen molar-refractivity contribution in [2.45, 2.75) is 19.4 Å². The van der Waals surface area contributed by atoms with E-state index in [2.05, 4.69) is 5.32 Å². The molecular formula is C16H15N2O4S2-. The molecule has 24 heavy (non-hydrogen) atoms. The van der Waals surface area contributed by atoms with Crippen LogP contribution in [0, 0.1) is 0 Å². The smallest absolute Gasteiger partial charge is 0.265 e. The fraction of sp³-hybridized carbons (Fsp3) is 0.250. The van der Waals surface area contributed by atoms with E-state index in [1.54, 1.807) is 44.3 Å². The van der Waals surface area contributed by atoms with Gasteiger partial charge in [0, 0.05) is 12.6 Å². The first-order valence-corrected chi connectivity index (χ1v) is 8.39. The number of hydrogen-bond donors (Lipinski definition) is 1. The van der Waals surface area contributed by atoms with E-state index in [1.807, 2.05) is 0 Å². The molecular weight excluding hydrogens is 348 g/mol. The zero-order chi connectivity index (χ0) is 17.9. The predicted molar refractivity (Wildman–Crippen MR) is 93.9 cm³/mol. The fourth-order valence-corrected chi connectivity index (χ4v) is 3.18. The number of amides is 2. The second-order valence-electron chi connectivity index (χ2n) is 5.12. The summed E-state index contributed by atoms with van der Waals surface area (Å²) in [5.41, 5.74) is 1.07. The quantitative estimate of drug-likeness (QED) is 0.614. The number of aliphatic carboxylic acids is 1. The van der Waals surface area contributed by atoms with E-state index >= 15 is 0 Å². The van der Waals surface area contributed by atoms with Gasteiger partial charge in [0.1, 0.15) is 4.32 Å². The van der Waals surface area contributed by atoms with Gasteiger partial charge < -0.3 is 15.2 Å². The molecule has 0 aliphatic carbocycles. The average molecular weight is 363 g/mol. The standard InChI is InChI=1S/C16H16N2O4S2/c1-3-11(15(21)22)17-13(19)10-6-4-9(5-7-10)8-12-14(20)18(2)16(23)24-12/h4-8,11H,3H2,1-2H3,(H,17,19)(H,21,22)/p-1/b12-8-/t11-/m0/s1. The van der Waals surface area contributed by atoms with Crippen LogP contribution in [0.25, 0.3) is 6.08 Å². The van der Waals surface area contributed by atoms with Crippen LogP contribution in [0.5, 0.6) is 0 Å². The van der Waals surface area contributed by atoms with Crippen molar-refractivity contribution in [3.63, 3.8) is 0 Å². The summed E-state index contributed by atoms with van der Waals surface area (Å²) in [6.45, 7) is 1.65. The highest BCUT2D eigenvalue weighted by Gasteiger charge is 2.28. The van der Waals surface area contributed by atoms with Crippen LogP contribution in [0.3, 0.4) is 0 Å². The Balaban J connectivity index is 2.11. The summed E-state index contributed by atoms with van der Waals surface area (Å²) in [6.07, 6.45) is 1.94. The Morgan fingerprint density at radius 1 is 1.38 bits per heavy atom. The Kier molecular flexibility index (Phi) is 5.74. The predicted octanol–water partition coefficient (Wildman–Crippen LogP) is 0.776. The molecule has 1 aliphatic heterocycles. The summed E-state index contributed by atoms with van der Waals surface area (Å²) >= 11 is 6.28. The molecule has 1 N–H and O–H groups in total. The number of hydrogen-bond acceptors (Lipinski definition) is 6. The SMILES string of the molecule is CC[C@H](NC(=O)c1ccc(/C=C2\SC(=S)N(C)C2=O)cc1)C(=O)[O-]. The van der Waals surface area contributed by atoms with Crippen LogP contribution in [-0.4, -0.2) is 40.1 Å². The second-order valence-corrected chi connectivity index (χ2v) is 6.79. The molecule has 0 bridgehead atoms. The lowest BCUT2D eigenvalue weighted by molar-refractivity contribution is -0.308. The van der Waals surface area contributed by atoms with Gasteiger partial charge in [0.05, 0.1) is 16.9 Å². The third-order valence-electron chi connectivity index (χ3n) is 3.46. The molecule has 1 saturated heterocycles. The molecule has 0 radical (unpaired) electrons. The maximum atomic E-state index is 12.0. The molecule has 2 rings (SSSR count). The number of nitrogens with zero attached hydrogens (tertiary/aromatic N) is 1. The zero-order valence-corrected chi connectivity index (χ0v) is 14.7. The van der Waals surface area contributed by atoms with Crippen molar-refractivity contribution in [2.24, 2.45) is 0 Å². The minimum Gasteiger partial charge on any atom is -0.548 e. The van der Waals surface area contributed by atoms with E-state index < -0.39 is 17.9 Å². The molecule has 0 aromatic heterocycles. The minimum atomic E-state index is -1.32. The van der Waals surface area contributed by atoms with Gasteiger partial charge in [-0.25, -0.2) is 0 Å². The number of thioether (sulfide) groups is 1. The lowest BCUT2D eigenvalue weighted by Crippen LogP contribution is -2.47. The van der Waals surface area contributed by atoms with E-state index in [-0.39, 0.29) is 12.3 Å². The number of likely N-dealkylation sites (N-methyl/N-ethyl adjacent to an activating group) is 1. The average Bonchev–Trinajstić information content (AvgIpc) is 2.79. The van der Waals surface area contributed by atoms with Crippen molar-refractivity contribution in [2.75, 3.05) is 7.05 Å². The Bertz CT molecular complexity index is 728. The van der Waals surface area contributed by atoms with E-state index in [4.69, 9.17) is 12.2 Å². The van der Waals surface area contributed by atoms with Crippen LogP contribution in [0.4, 0.5) is 0 Å². The van der Waals surface area contributed by atoms with Gasteiger partial charge in [-0.05, 0) is 30.2 Å². The molecule has 0 spiro atoms. The van der Waals surface area contributed by atoms with E-state index in [1.165, 1.54) is 16.7 Å². The van der Waals surface area contributed by atoms with Gasteiger partial charge in [-0.1, -0.05) is 43.0 Å². The molecule has 2 amide bonds. The number of carbonyl (C=O) groups excluding carboxylic acids is 3. The number of carbonyl (C=O) groups is 3. The first-order chi connectivity index (χ1) is 11.3. The van der Waals surface area contributed by atoms with Gasteiger partial charge >= 0.3 is 0 Å². The molecule has 8 heteroatoms. The third kappa shape index (κ3) is 4.01. The summed E-state index contributed by atoms with van der Waals surface area (Å²) in [4.78, 5) is 36.7. The maximum Gasteiger partial charge on any atom is 0.265 e. The normalized spacial score (nSPS) is 17.2. The monoisotopic (exact) mass is 363 g/mol. The molecule has 1 aromatic rings. The van der Waals surface area contributed by atoms with Crippen molar-refractivity contribution in [1.29, 1.82) is 0 Å². The molecule has 1 aliphatic rings. The molecule has 0 unspecified atom stereocenters. The number of thiocarbonyl (C=S) groups is 1. The van der Waals surface area contributed by atoms with Gasteiger partial charge in [0.25, 0.3) is 11.8 Å². The van der Waals surface area contributed by atoms with Gasteiger partial charge in [-0.3, -0.25) is 14.5 Å². The van der Waals surface area contributed by atoms with Gasteiger partial charge in [0.2, 0.25) is 0 Å². The van der Waals surface area contributed by atoms with Gasteiger partial charge in [0.15, 0.2) is 0 Å². The van der Waals surface area contributed by atoms with E-state index in [0.717, 1.165) is 5.56 Å². The van der Waals surface area contributed by atoms with Crippen LogP contribution in [0.15, 0.2) is 29.2 Å². The highest BCUT2D eigenvalue weighted by atomic mass is 32.2. The van der Waals surface area contributed by atoms with Crippen LogP contribution in [0.1, 0.15) is 29.3 Å². The van der Waals surface area contributed by atoms with Gasteiger partial charge in [-0.2, -0.15) is 0 Å². The summed E-state index contributed by atoms with van der Waals surface area (Å²) < 4.78 is 0.495. The van der Waals surface area contributed by atoms with Crippen molar-refractivity contribution < 1.29 is 19.5 Å². The number of benzene rings is 1. The topological polar surface area (TPSA) is 89.5 Å². The Labute approximate surface area is 148 Å². The lowest BCUT2D eigenvalue weighted by Gasteiger charge is -2.17. The van der Waals surface area contributed by atoms with Gasteiger partial charge in [-0.15, -0.1) is 0 Å². The number of rotatable bonds is 5. The van der Waals surface area contributed by atoms with E-state index in [9.17, 15) is 19.5 Å². The Hall–Kier alpha value is -2.19. The molecule has 1 aromatic carbocycles. The molecule has 126 valence electrons.